The molecule has 8 heteroatoms. The Labute approximate surface area is 151 Å². The van der Waals surface area contributed by atoms with Gasteiger partial charge in [0.25, 0.3) is 0 Å². The van der Waals surface area contributed by atoms with Crippen LogP contribution in [-0.4, -0.2) is 16.3 Å². The molecule has 1 aliphatic rings. The number of fused-ring (bicyclic) bond motifs is 1. The lowest BCUT2D eigenvalue weighted by molar-refractivity contribution is -0.137. The predicted molar refractivity (Wildman–Crippen MR) is 93.8 cm³/mol. The molecule has 130 valence electrons. The van der Waals surface area contributed by atoms with Gasteiger partial charge in [-0.25, -0.2) is 4.68 Å². The van der Waals surface area contributed by atoms with Crippen LogP contribution < -0.4 is 5.32 Å². The summed E-state index contributed by atoms with van der Waals surface area (Å²) in [4.78, 5) is 0.957. The largest absolute Gasteiger partial charge is 0.418 e. The Kier molecular flexibility index (Phi) is 3.81. The summed E-state index contributed by atoms with van der Waals surface area (Å²) in [6.45, 7) is 2.66. The van der Waals surface area contributed by atoms with E-state index < -0.39 is 11.7 Å². The standard InChI is InChI=1S/C17H13ClF3N3S/c1-9-6-14(25-8-9)15-11-4-5-22-16(11)24(23-15)13-3-2-10(18)7-12(13)17(19,20)21/h2-3,6-8,22H,4-5H2,1H3. The minimum atomic E-state index is -4.52. The molecule has 25 heavy (non-hydrogen) atoms. The number of nitrogens with zero attached hydrogens (tertiary/aromatic N) is 2. The molecule has 0 radical (unpaired) electrons. The number of benzene rings is 1. The number of aryl methyl sites for hydroxylation is 1. The van der Waals surface area contributed by atoms with Crippen LogP contribution >= 0.6 is 22.9 Å². The summed E-state index contributed by atoms with van der Waals surface area (Å²) in [5.41, 5.74) is 1.97. The summed E-state index contributed by atoms with van der Waals surface area (Å²) in [6, 6.07) is 5.75. The molecule has 0 saturated heterocycles. The molecule has 3 heterocycles. The number of halogens is 4. The average Bonchev–Trinajstić information content (AvgIpc) is 3.22. The molecule has 3 aromatic rings. The molecule has 0 bridgehead atoms. The monoisotopic (exact) mass is 383 g/mol. The van der Waals surface area contributed by atoms with Crippen molar-refractivity contribution in [1.29, 1.82) is 0 Å². The number of thiophene rings is 1. The van der Waals surface area contributed by atoms with Crippen LogP contribution in [0.25, 0.3) is 16.3 Å². The Morgan fingerprint density at radius 3 is 2.76 bits per heavy atom. The molecule has 0 spiro atoms. The average molecular weight is 384 g/mol. The van der Waals surface area contributed by atoms with Gasteiger partial charge in [0.15, 0.2) is 0 Å². The van der Waals surface area contributed by atoms with Gasteiger partial charge in [-0.15, -0.1) is 11.3 Å². The first kappa shape index (κ1) is 16.5. The molecule has 0 fully saturated rings. The van der Waals surface area contributed by atoms with E-state index in [0.29, 0.717) is 12.4 Å². The van der Waals surface area contributed by atoms with Crippen LogP contribution in [0.2, 0.25) is 5.02 Å². The minimum Gasteiger partial charge on any atom is -0.369 e. The van der Waals surface area contributed by atoms with Crippen molar-refractivity contribution in [3.8, 4) is 16.3 Å². The number of hydrogen-bond acceptors (Lipinski definition) is 3. The highest BCUT2D eigenvalue weighted by Crippen LogP contribution is 2.41. The normalized spacial score (nSPS) is 13.8. The smallest absolute Gasteiger partial charge is 0.369 e. The van der Waals surface area contributed by atoms with Crippen molar-refractivity contribution in [1.82, 2.24) is 9.78 Å². The lowest BCUT2D eigenvalue weighted by Gasteiger charge is -2.15. The van der Waals surface area contributed by atoms with Gasteiger partial charge in [0, 0.05) is 17.1 Å². The summed E-state index contributed by atoms with van der Waals surface area (Å²) in [5, 5.41) is 9.72. The Morgan fingerprint density at radius 1 is 1.28 bits per heavy atom. The number of rotatable bonds is 2. The molecule has 1 N–H and O–H groups in total. The number of aromatic nitrogens is 2. The van der Waals surface area contributed by atoms with E-state index in [1.165, 1.54) is 16.8 Å². The molecule has 4 rings (SSSR count). The van der Waals surface area contributed by atoms with Crippen LogP contribution in [0, 0.1) is 6.92 Å². The Balaban J connectivity index is 1.94. The van der Waals surface area contributed by atoms with E-state index in [1.807, 2.05) is 18.4 Å². The molecule has 3 nitrogen and oxygen atoms in total. The highest BCUT2D eigenvalue weighted by atomic mass is 35.5. The van der Waals surface area contributed by atoms with E-state index >= 15 is 0 Å². The second-order valence-corrected chi connectivity index (χ2v) is 7.26. The van der Waals surface area contributed by atoms with Crippen molar-refractivity contribution in [3.05, 3.63) is 51.4 Å². The predicted octanol–water partition coefficient (Wildman–Crippen LogP) is 5.55. The van der Waals surface area contributed by atoms with Gasteiger partial charge < -0.3 is 5.32 Å². The summed E-state index contributed by atoms with van der Waals surface area (Å²) < 4.78 is 41.8. The van der Waals surface area contributed by atoms with Crippen molar-refractivity contribution in [2.24, 2.45) is 0 Å². The van der Waals surface area contributed by atoms with Gasteiger partial charge in [-0.05, 0) is 48.6 Å². The van der Waals surface area contributed by atoms with E-state index in [-0.39, 0.29) is 10.7 Å². The van der Waals surface area contributed by atoms with E-state index in [1.54, 1.807) is 11.3 Å². The summed E-state index contributed by atoms with van der Waals surface area (Å²) in [7, 11) is 0. The Morgan fingerprint density at radius 2 is 2.08 bits per heavy atom. The van der Waals surface area contributed by atoms with Crippen molar-refractivity contribution >= 4 is 28.8 Å². The third kappa shape index (κ3) is 2.81. The van der Waals surface area contributed by atoms with E-state index in [2.05, 4.69) is 10.4 Å². The number of nitrogens with one attached hydrogen (secondary N) is 1. The molecule has 1 aromatic carbocycles. The second kappa shape index (κ2) is 5.78. The number of anilines is 1. The lowest BCUT2D eigenvalue weighted by Crippen LogP contribution is -2.13. The maximum Gasteiger partial charge on any atom is 0.418 e. The molecule has 0 unspecified atom stereocenters. The fourth-order valence-electron chi connectivity index (χ4n) is 3.02. The topological polar surface area (TPSA) is 29.9 Å². The molecular formula is C17H13ClF3N3S. The van der Waals surface area contributed by atoms with Crippen LogP contribution in [0.5, 0.6) is 0 Å². The third-order valence-corrected chi connectivity index (χ3v) is 5.40. The fourth-order valence-corrected chi connectivity index (χ4v) is 4.10. The zero-order chi connectivity index (χ0) is 17.8. The van der Waals surface area contributed by atoms with Gasteiger partial charge in [0.1, 0.15) is 11.5 Å². The fraction of sp³-hybridized carbons (Fsp3) is 0.235. The van der Waals surface area contributed by atoms with Crippen LogP contribution in [0.3, 0.4) is 0 Å². The first-order valence-electron chi connectivity index (χ1n) is 7.63. The van der Waals surface area contributed by atoms with Gasteiger partial charge >= 0.3 is 6.18 Å². The zero-order valence-corrected chi connectivity index (χ0v) is 14.7. The van der Waals surface area contributed by atoms with Crippen LogP contribution in [0.15, 0.2) is 29.6 Å². The number of hydrogen-bond donors (Lipinski definition) is 1. The maximum absolute atomic E-state index is 13.5. The summed E-state index contributed by atoms with van der Waals surface area (Å²) in [5.74, 6) is 0.619. The maximum atomic E-state index is 13.5. The van der Waals surface area contributed by atoms with E-state index in [9.17, 15) is 13.2 Å². The minimum absolute atomic E-state index is 0.0259. The summed E-state index contributed by atoms with van der Waals surface area (Å²) >= 11 is 7.33. The highest BCUT2D eigenvalue weighted by Gasteiger charge is 2.36. The lowest BCUT2D eigenvalue weighted by atomic mass is 10.1. The highest BCUT2D eigenvalue weighted by molar-refractivity contribution is 7.13. The number of alkyl halides is 3. The second-order valence-electron chi connectivity index (χ2n) is 5.91. The molecule has 0 aliphatic carbocycles. The summed E-state index contributed by atoms with van der Waals surface area (Å²) in [6.07, 6.45) is -3.78. The van der Waals surface area contributed by atoms with Gasteiger partial charge in [-0.1, -0.05) is 11.6 Å². The molecular weight excluding hydrogens is 371 g/mol. The van der Waals surface area contributed by atoms with Gasteiger partial charge in [-0.2, -0.15) is 18.3 Å². The van der Waals surface area contributed by atoms with Crippen LogP contribution in [0.1, 0.15) is 16.7 Å². The molecule has 2 aromatic heterocycles. The first-order valence-corrected chi connectivity index (χ1v) is 8.89. The van der Waals surface area contributed by atoms with Crippen LogP contribution in [-0.2, 0) is 12.6 Å². The molecule has 0 amide bonds. The molecule has 0 saturated carbocycles. The Bertz CT molecular complexity index is 959. The molecule has 1 aliphatic heterocycles. The third-order valence-electron chi connectivity index (χ3n) is 4.11. The van der Waals surface area contributed by atoms with Crippen LogP contribution in [0.4, 0.5) is 19.0 Å². The van der Waals surface area contributed by atoms with Crippen molar-refractivity contribution < 1.29 is 13.2 Å². The van der Waals surface area contributed by atoms with Crippen molar-refractivity contribution in [2.75, 3.05) is 11.9 Å². The SMILES string of the molecule is Cc1csc(-c2nn(-c3ccc(Cl)cc3C(F)(F)F)c3c2CCN3)c1. The first-order chi connectivity index (χ1) is 11.8. The van der Waals surface area contributed by atoms with Gasteiger partial charge in [0.05, 0.1) is 16.1 Å². The molecule has 0 atom stereocenters. The van der Waals surface area contributed by atoms with E-state index in [4.69, 9.17) is 11.6 Å². The van der Waals surface area contributed by atoms with Gasteiger partial charge in [-0.3, -0.25) is 0 Å². The van der Waals surface area contributed by atoms with Crippen molar-refractivity contribution in [3.63, 3.8) is 0 Å². The zero-order valence-electron chi connectivity index (χ0n) is 13.1. The van der Waals surface area contributed by atoms with E-state index in [0.717, 1.165) is 34.2 Å². The van der Waals surface area contributed by atoms with Gasteiger partial charge in [0.2, 0.25) is 0 Å². The Hall–Kier alpha value is -1.99. The van der Waals surface area contributed by atoms with Crippen molar-refractivity contribution in [2.45, 2.75) is 19.5 Å². The quantitative estimate of drug-likeness (QED) is 0.628.